The zero-order valence-electron chi connectivity index (χ0n) is 10.8. The van der Waals surface area contributed by atoms with Crippen LogP contribution in [0.2, 0.25) is 0 Å². The fourth-order valence-electron chi connectivity index (χ4n) is 2.68. The fourth-order valence-corrected chi connectivity index (χ4v) is 2.68. The summed E-state index contributed by atoms with van der Waals surface area (Å²) in [4.78, 5) is 0. The molecule has 0 bridgehead atoms. The smallest absolute Gasteiger partial charge is 0.406 e. The van der Waals surface area contributed by atoms with Crippen LogP contribution < -0.4 is 10.1 Å². The molecule has 0 amide bonds. The van der Waals surface area contributed by atoms with Crippen LogP contribution in [0.3, 0.4) is 0 Å². The van der Waals surface area contributed by atoms with Crippen molar-refractivity contribution >= 4 is 0 Å². The molecule has 1 N–H and O–H groups in total. The van der Waals surface area contributed by atoms with Crippen LogP contribution in [0.4, 0.5) is 13.2 Å². The van der Waals surface area contributed by atoms with Crippen molar-refractivity contribution in [2.24, 2.45) is 5.92 Å². The molecule has 0 aromatic heterocycles. The minimum absolute atomic E-state index is 0.157. The molecule has 2 atom stereocenters. The number of alkyl halides is 3. The summed E-state index contributed by atoms with van der Waals surface area (Å²) in [5.41, 5.74) is 1.07. The monoisotopic (exact) mass is 273 g/mol. The van der Waals surface area contributed by atoms with Crippen molar-refractivity contribution in [2.45, 2.75) is 38.1 Å². The molecular weight excluding hydrogens is 255 g/mol. The fraction of sp³-hybridized carbons (Fsp3) is 0.571. The van der Waals surface area contributed by atoms with Crippen molar-refractivity contribution in [3.05, 3.63) is 29.8 Å². The van der Waals surface area contributed by atoms with Gasteiger partial charge in [-0.05, 0) is 56.3 Å². The third kappa shape index (κ3) is 4.42. The van der Waals surface area contributed by atoms with Gasteiger partial charge >= 0.3 is 6.36 Å². The van der Waals surface area contributed by atoms with Crippen LogP contribution in [0.25, 0.3) is 0 Å². The number of benzene rings is 1. The summed E-state index contributed by atoms with van der Waals surface area (Å²) in [5, 5.41) is 3.27. The summed E-state index contributed by atoms with van der Waals surface area (Å²) in [5.74, 6) is 0.461. The maximum atomic E-state index is 12.0. The molecule has 1 aliphatic rings. The first kappa shape index (κ1) is 14.2. The molecule has 2 unspecified atom stereocenters. The van der Waals surface area contributed by atoms with Gasteiger partial charge in [-0.1, -0.05) is 12.1 Å². The summed E-state index contributed by atoms with van der Waals surface area (Å²) >= 11 is 0. The van der Waals surface area contributed by atoms with Crippen molar-refractivity contribution in [1.29, 1.82) is 0 Å². The average molecular weight is 273 g/mol. The number of hydrogen-bond donors (Lipinski definition) is 1. The molecule has 106 valence electrons. The zero-order chi connectivity index (χ0) is 13.9. The first-order valence-electron chi connectivity index (χ1n) is 6.48. The Morgan fingerprint density at radius 1 is 1.21 bits per heavy atom. The summed E-state index contributed by atoms with van der Waals surface area (Å²) in [7, 11) is 1.97. The lowest BCUT2D eigenvalue weighted by atomic mass is 9.98. The van der Waals surface area contributed by atoms with E-state index in [9.17, 15) is 13.2 Å². The molecule has 1 saturated carbocycles. The quantitative estimate of drug-likeness (QED) is 0.906. The lowest BCUT2D eigenvalue weighted by molar-refractivity contribution is -0.274. The van der Waals surface area contributed by atoms with E-state index in [1.165, 1.54) is 25.0 Å². The standard InChI is InChI=1S/C14H18F3NO/c1-18-12-5-2-11(9-12)8-10-3-6-13(7-4-10)19-14(15,16)17/h3-4,6-7,11-12,18H,2,5,8-9H2,1H3. The molecule has 0 spiro atoms. The van der Waals surface area contributed by atoms with E-state index >= 15 is 0 Å². The second kappa shape index (κ2) is 5.82. The highest BCUT2D eigenvalue weighted by molar-refractivity contribution is 5.27. The first-order chi connectivity index (χ1) is 8.96. The van der Waals surface area contributed by atoms with Gasteiger partial charge in [-0.15, -0.1) is 13.2 Å². The molecule has 19 heavy (non-hydrogen) atoms. The SMILES string of the molecule is CNC1CCC(Cc2ccc(OC(F)(F)F)cc2)C1. The van der Waals surface area contributed by atoms with E-state index in [2.05, 4.69) is 10.1 Å². The molecule has 0 aliphatic heterocycles. The molecule has 1 aromatic rings. The minimum Gasteiger partial charge on any atom is -0.406 e. The first-order valence-corrected chi connectivity index (χ1v) is 6.48. The zero-order valence-corrected chi connectivity index (χ0v) is 10.8. The Hall–Kier alpha value is -1.23. The van der Waals surface area contributed by atoms with Crippen LogP contribution in [0.15, 0.2) is 24.3 Å². The highest BCUT2D eigenvalue weighted by Gasteiger charge is 2.31. The largest absolute Gasteiger partial charge is 0.573 e. The van der Waals surface area contributed by atoms with Crippen LogP contribution >= 0.6 is 0 Å². The molecule has 0 radical (unpaired) electrons. The second-order valence-corrected chi connectivity index (χ2v) is 5.06. The van der Waals surface area contributed by atoms with Gasteiger partial charge in [0.1, 0.15) is 5.75 Å². The van der Waals surface area contributed by atoms with Gasteiger partial charge in [-0.2, -0.15) is 0 Å². The van der Waals surface area contributed by atoms with Gasteiger partial charge in [0.25, 0.3) is 0 Å². The van der Waals surface area contributed by atoms with Crippen LogP contribution in [0.1, 0.15) is 24.8 Å². The summed E-state index contributed by atoms with van der Waals surface area (Å²) < 4.78 is 39.9. The van der Waals surface area contributed by atoms with Gasteiger partial charge in [0, 0.05) is 6.04 Å². The highest BCUT2D eigenvalue weighted by Crippen LogP contribution is 2.29. The summed E-state index contributed by atoms with van der Waals surface area (Å²) in [6.07, 6.45) is -0.211. The summed E-state index contributed by atoms with van der Waals surface area (Å²) in [6, 6.07) is 6.78. The lowest BCUT2D eigenvalue weighted by Gasteiger charge is -2.12. The van der Waals surface area contributed by atoms with Crippen LogP contribution in [-0.4, -0.2) is 19.5 Å². The molecule has 1 fully saturated rings. The van der Waals surface area contributed by atoms with Gasteiger partial charge < -0.3 is 10.1 Å². The van der Waals surface area contributed by atoms with Gasteiger partial charge in [0.2, 0.25) is 0 Å². The van der Waals surface area contributed by atoms with E-state index in [1.807, 2.05) is 7.05 Å². The molecule has 2 nitrogen and oxygen atoms in total. The molecular formula is C14H18F3NO. The van der Waals surface area contributed by atoms with E-state index in [1.54, 1.807) is 12.1 Å². The Morgan fingerprint density at radius 3 is 2.42 bits per heavy atom. The third-order valence-electron chi connectivity index (χ3n) is 3.63. The Labute approximate surface area is 111 Å². The number of rotatable bonds is 4. The van der Waals surface area contributed by atoms with Crippen LogP contribution in [-0.2, 0) is 6.42 Å². The Morgan fingerprint density at radius 2 is 1.89 bits per heavy atom. The van der Waals surface area contributed by atoms with Gasteiger partial charge in [-0.3, -0.25) is 0 Å². The number of ether oxygens (including phenoxy) is 1. The maximum absolute atomic E-state index is 12.0. The van der Waals surface area contributed by atoms with Crippen molar-refractivity contribution in [2.75, 3.05) is 7.05 Å². The van der Waals surface area contributed by atoms with Gasteiger partial charge in [-0.25, -0.2) is 0 Å². The number of nitrogens with one attached hydrogen (secondary N) is 1. The molecule has 1 aromatic carbocycles. The van der Waals surface area contributed by atoms with Crippen LogP contribution in [0.5, 0.6) is 5.75 Å². The average Bonchev–Trinajstić information content (AvgIpc) is 2.77. The van der Waals surface area contributed by atoms with E-state index in [0.717, 1.165) is 18.4 Å². The second-order valence-electron chi connectivity index (χ2n) is 5.06. The normalized spacial score (nSPS) is 23.6. The number of hydrogen-bond acceptors (Lipinski definition) is 2. The Bertz CT molecular complexity index is 402. The van der Waals surface area contributed by atoms with Crippen LogP contribution in [0, 0.1) is 5.92 Å². The van der Waals surface area contributed by atoms with Crippen molar-refractivity contribution in [3.8, 4) is 5.75 Å². The topological polar surface area (TPSA) is 21.3 Å². The van der Waals surface area contributed by atoms with Crippen molar-refractivity contribution < 1.29 is 17.9 Å². The van der Waals surface area contributed by atoms with Crippen molar-refractivity contribution in [3.63, 3.8) is 0 Å². The molecule has 1 aliphatic carbocycles. The van der Waals surface area contributed by atoms with E-state index in [4.69, 9.17) is 0 Å². The number of halogens is 3. The highest BCUT2D eigenvalue weighted by atomic mass is 19.4. The van der Waals surface area contributed by atoms with Gasteiger partial charge in [0.15, 0.2) is 0 Å². The third-order valence-corrected chi connectivity index (χ3v) is 3.63. The predicted octanol–water partition coefficient (Wildman–Crippen LogP) is 3.52. The van der Waals surface area contributed by atoms with Gasteiger partial charge in [0.05, 0.1) is 0 Å². The Balaban J connectivity index is 1.89. The van der Waals surface area contributed by atoms with E-state index in [0.29, 0.717) is 12.0 Å². The minimum atomic E-state index is -4.62. The molecule has 5 heteroatoms. The maximum Gasteiger partial charge on any atom is 0.573 e. The molecule has 2 rings (SSSR count). The summed E-state index contributed by atoms with van der Waals surface area (Å²) in [6.45, 7) is 0. The predicted molar refractivity (Wildman–Crippen MR) is 67.0 cm³/mol. The van der Waals surface area contributed by atoms with E-state index < -0.39 is 6.36 Å². The van der Waals surface area contributed by atoms with E-state index in [-0.39, 0.29) is 5.75 Å². The lowest BCUT2D eigenvalue weighted by Crippen LogP contribution is -2.21. The molecule has 0 heterocycles. The molecule has 0 saturated heterocycles. The Kier molecular flexibility index (Phi) is 4.34. The van der Waals surface area contributed by atoms with Crippen molar-refractivity contribution in [1.82, 2.24) is 5.32 Å².